The van der Waals surface area contributed by atoms with Gasteiger partial charge in [-0.2, -0.15) is 0 Å². The molecule has 0 saturated heterocycles. The van der Waals surface area contributed by atoms with E-state index >= 15 is 0 Å². The van der Waals surface area contributed by atoms with Crippen LogP contribution in [0.15, 0.2) is 91.0 Å². The summed E-state index contributed by atoms with van der Waals surface area (Å²) < 4.78 is 5.57. The Bertz CT molecular complexity index is 1270. The summed E-state index contributed by atoms with van der Waals surface area (Å²) in [6.07, 6.45) is 0. The molecule has 0 amide bonds. The van der Waals surface area contributed by atoms with Gasteiger partial charge >= 0.3 is 0 Å². The maximum atomic E-state index is 13.4. The normalized spacial score (nSPS) is 14.7. The summed E-state index contributed by atoms with van der Waals surface area (Å²) in [6, 6.07) is 31.0. The van der Waals surface area contributed by atoms with Crippen LogP contribution in [0.25, 0.3) is 11.1 Å². The third-order valence-electron chi connectivity index (χ3n) is 6.40. The highest BCUT2D eigenvalue weighted by Crippen LogP contribution is 2.59. The lowest BCUT2D eigenvalue weighted by molar-refractivity contribution is 0.103. The summed E-state index contributed by atoms with van der Waals surface area (Å²) in [6.45, 7) is 0. The Labute approximate surface area is 169 Å². The molecular formula is C27H18O2. The lowest BCUT2D eigenvalue weighted by Crippen LogP contribution is -2.36. The molecule has 0 atom stereocenters. The van der Waals surface area contributed by atoms with Gasteiger partial charge in [-0.25, -0.2) is 0 Å². The van der Waals surface area contributed by atoms with E-state index in [1.54, 1.807) is 7.11 Å². The van der Waals surface area contributed by atoms with E-state index in [1.807, 2.05) is 36.4 Å². The first-order chi connectivity index (χ1) is 14.3. The minimum Gasteiger partial charge on any atom is -0.497 e. The van der Waals surface area contributed by atoms with Crippen LogP contribution in [0.3, 0.4) is 0 Å². The summed E-state index contributed by atoms with van der Waals surface area (Å²) in [7, 11) is 1.67. The zero-order chi connectivity index (χ0) is 19.6. The number of ether oxygens (including phenoxy) is 1. The van der Waals surface area contributed by atoms with Crippen molar-refractivity contribution in [2.24, 2.45) is 0 Å². The molecule has 0 radical (unpaired) electrons. The molecule has 4 aromatic carbocycles. The largest absolute Gasteiger partial charge is 0.497 e. The summed E-state index contributed by atoms with van der Waals surface area (Å²) in [5.74, 6) is 0.836. The second-order valence-corrected chi connectivity index (χ2v) is 7.63. The molecule has 0 heterocycles. The van der Waals surface area contributed by atoms with Gasteiger partial charge in [0.2, 0.25) is 0 Å². The quantitative estimate of drug-likeness (QED) is 0.374. The number of hydrogen-bond acceptors (Lipinski definition) is 2. The van der Waals surface area contributed by atoms with E-state index in [-0.39, 0.29) is 5.78 Å². The molecule has 2 aliphatic carbocycles. The SMILES string of the molecule is COc1ccc2c(c1)C1(c3ccccc3C2=O)c2ccccc2-c2ccccc21. The van der Waals surface area contributed by atoms with Gasteiger partial charge in [0.15, 0.2) is 5.78 Å². The predicted octanol–water partition coefficient (Wildman–Crippen LogP) is 5.60. The van der Waals surface area contributed by atoms with Crippen LogP contribution in [0.5, 0.6) is 5.75 Å². The lowest BCUT2D eigenvalue weighted by atomic mass is 9.61. The monoisotopic (exact) mass is 374 g/mol. The van der Waals surface area contributed by atoms with Crippen LogP contribution < -0.4 is 4.74 Å². The van der Waals surface area contributed by atoms with Crippen molar-refractivity contribution in [3.8, 4) is 16.9 Å². The molecule has 138 valence electrons. The van der Waals surface area contributed by atoms with E-state index < -0.39 is 5.41 Å². The van der Waals surface area contributed by atoms with Gasteiger partial charge in [-0.3, -0.25) is 4.79 Å². The van der Waals surface area contributed by atoms with Crippen molar-refractivity contribution in [2.45, 2.75) is 5.41 Å². The number of hydrogen-bond donors (Lipinski definition) is 0. The van der Waals surface area contributed by atoms with E-state index in [2.05, 4.69) is 54.6 Å². The molecule has 1 spiro atoms. The zero-order valence-electron chi connectivity index (χ0n) is 16.0. The summed E-state index contributed by atoms with van der Waals surface area (Å²) in [4.78, 5) is 13.4. The van der Waals surface area contributed by atoms with Crippen molar-refractivity contribution in [2.75, 3.05) is 7.11 Å². The first-order valence-electron chi connectivity index (χ1n) is 9.79. The van der Waals surface area contributed by atoms with Crippen LogP contribution in [-0.2, 0) is 5.41 Å². The van der Waals surface area contributed by atoms with Crippen LogP contribution in [-0.4, -0.2) is 12.9 Å². The molecular weight excluding hydrogens is 356 g/mol. The fraction of sp³-hybridized carbons (Fsp3) is 0.0741. The first kappa shape index (κ1) is 16.3. The third-order valence-corrected chi connectivity index (χ3v) is 6.40. The minimum atomic E-state index is -0.526. The maximum Gasteiger partial charge on any atom is 0.193 e. The molecule has 0 unspecified atom stereocenters. The van der Waals surface area contributed by atoms with Crippen molar-refractivity contribution in [3.63, 3.8) is 0 Å². The summed E-state index contributed by atoms with van der Waals surface area (Å²) >= 11 is 0. The zero-order valence-corrected chi connectivity index (χ0v) is 16.0. The van der Waals surface area contributed by atoms with E-state index in [0.29, 0.717) is 0 Å². The van der Waals surface area contributed by atoms with Gasteiger partial charge in [-0.1, -0.05) is 72.8 Å². The topological polar surface area (TPSA) is 26.3 Å². The Balaban J connectivity index is 1.87. The Hall–Kier alpha value is -3.65. The van der Waals surface area contributed by atoms with Gasteiger partial charge in [0.1, 0.15) is 5.75 Å². The smallest absolute Gasteiger partial charge is 0.193 e. The second kappa shape index (κ2) is 5.68. The van der Waals surface area contributed by atoms with Crippen LogP contribution >= 0.6 is 0 Å². The molecule has 0 fully saturated rings. The molecule has 6 rings (SSSR count). The van der Waals surface area contributed by atoms with Gasteiger partial charge in [0.25, 0.3) is 0 Å². The van der Waals surface area contributed by atoms with Crippen molar-refractivity contribution in [3.05, 3.63) is 124 Å². The highest BCUT2D eigenvalue weighted by atomic mass is 16.5. The van der Waals surface area contributed by atoms with Gasteiger partial charge in [0, 0.05) is 11.1 Å². The van der Waals surface area contributed by atoms with E-state index in [9.17, 15) is 4.79 Å². The highest BCUT2D eigenvalue weighted by molar-refractivity contribution is 6.15. The van der Waals surface area contributed by atoms with Crippen LogP contribution in [0.2, 0.25) is 0 Å². The molecule has 0 saturated carbocycles. The number of carbonyl (C=O) groups excluding carboxylic acids is 1. The van der Waals surface area contributed by atoms with Gasteiger partial charge in [0.05, 0.1) is 12.5 Å². The Morgan fingerprint density at radius 2 is 1.07 bits per heavy atom. The van der Waals surface area contributed by atoms with Crippen LogP contribution in [0.1, 0.15) is 38.2 Å². The molecule has 2 aliphatic rings. The number of fused-ring (bicyclic) bond motifs is 9. The maximum absolute atomic E-state index is 13.4. The fourth-order valence-corrected chi connectivity index (χ4v) is 5.27. The number of methoxy groups -OCH3 is 1. The Kier molecular flexibility index (Phi) is 3.20. The number of benzene rings is 4. The van der Waals surface area contributed by atoms with Crippen LogP contribution in [0, 0.1) is 0 Å². The van der Waals surface area contributed by atoms with E-state index in [0.717, 1.165) is 28.0 Å². The second-order valence-electron chi connectivity index (χ2n) is 7.63. The third kappa shape index (κ3) is 1.88. The fourth-order valence-electron chi connectivity index (χ4n) is 5.27. The van der Waals surface area contributed by atoms with Gasteiger partial charge in [-0.15, -0.1) is 0 Å². The first-order valence-corrected chi connectivity index (χ1v) is 9.79. The summed E-state index contributed by atoms with van der Waals surface area (Å²) in [5.41, 5.74) is 7.92. The summed E-state index contributed by atoms with van der Waals surface area (Å²) in [5, 5.41) is 0. The van der Waals surface area contributed by atoms with E-state index in [1.165, 1.54) is 22.3 Å². The van der Waals surface area contributed by atoms with Gasteiger partial charge < -0.3 is 4.74 Å². The van der Waals surface area contributed by atoms with Crippen molar-refractivity contribution in [1.29, 1.82) is 0 Å². The Morgan fingerprint density at radius 3 is 1.66 bits per heavy atom. The molecule has 0 aromatic heterocycles. The average molecular weight is 374 g/mol. The van der Waals surface area contributed by atoms with Crippen molar-refractivity contribution >= 4 is 5.78 Å². The molecule has 29 heavy (non-hydrogen) atoms. The molecule has 0 N–H and O–H groups in total. The van der Waals surface area contributed by atoms with Crippen molar-refractivity contribution < 1.29 is 9.53 Å². The minimum absolute atomic E-state index is 0.0748. The Morgan fingerprint density at radius 1 is 0.586 bits per heavy atom. The molecule has 0 bridgehead atoms. The molecule has 4 aromatic rings. The average Bonchev–Trinajstić information content (AvgIpc) is 3.09. The predicted molar refractivity (Wildman–Crippen MR) is 114 cm³/mol. The number of ketones is 1. The van der Waals surface area contributed by atoms with Crippen molar-refractivity contribution in [1.82, 2.24) is 0 Å². The number of carbonyl (C=O) groups is 1. The molecule has 2 nitrogen and oxygen atoms in total. The van der Waals surface area contributed by atoms with E-state index in [4.69, 9.17) is 4.74 Å². The van der Waals surface area contributed by atoms with Gasteiger partial charge in [-0.05, 0) is 51.6 Å². The highest BCUT2D eigenvalue weighted by Gasteiger charge is 2.51. The molecule has 2 heteroatoms. The van der Waals surface area contributed by atoms with Crippen LogP contribution in [0.4, 0.5) is 0 Å². The lowest BCUT2D eigenvalue weighted by Gasteiger charge is -2.39. The molecule has 0 aliphatic heterocycles. The standard InChI is InChI=1S/C27H18O2/c1-29-17-14-15-21-25(16-17)27(24-13-7-4-10-20(24)26(21)28)22-11-5-2-8-18(22)19-9-3-6-12-23(19)27/h2-16H,1H3. The number of rotatable bonds is 1.